The fourth-order valence-corrected chi connectivity index (χ4v) is 3.27. The fraction of sp³-hybridized carbons (Fsp3) is 0.400. The molecule has 1 aliphatic rings. The van der Waals surface area contributed by atoms with Crippen molar-refractivity contribution in [1.82, 2.24) is 9.88 Å². The molecule has 0 saturated carbocycles. The van der Waals surface area contributed by atoms with Crippen LogP contribution in [0.15, 0.2) is 29.2 Å². The molecule has 7 nitrogen and oxygen atoms in total. The van der Waals surface area contributed by atoms with Crippen molar-refractivity contribution in [3.8, 4) is 17.2 Å². The Hall–Kier alpha value is -2.96. The number of carbonyl (C=O) groups excluding carboxylic acids is 1. The summed E-state index contributed by atoms with van der Waals surface area (Å²) < 4.78 is 17.9. The molecule has 0 fully saturated rings. The topological polar surface area (TPSA) is 78.8 Å². The molecule has 0 saturated heterocycles. The number of nitrogens with one attached hydrogen (secondary N) is 1. The zero-order valence-electron chi connectivity index (χ0n) is 16.0. The van der Waals surface area contributed by atoms with Crippen LogP contribution in [-0.2, 0) is 18.3 Å². The molecule has 0 bridgehead atoms. The van der Waals surface area contributed by atoms with Crippen LogP contribution in [0.1, 0.15) is 29.3 Å². The van der Waals surface area contributed by atoms with Crippen molar-refractivity contribution in [3.63, 3.8) is 0 Å². The lowest BCUT2D eigenvalue weighted by Gasteiger charge is -2.16. The normalized spacial score (nSPS) is 15.2. The number of aryl methyl sites for hydroxylation is 3. The molecule has 1 aromatic heterocycles. The molecule has 0 unspecified atom stereocenters. The number of nitrogens with zero attached hydrogens (tertiary/aromatic N) is 1. The molecule has 1 N–H and O–H groups in total. The molecule has 1 heterocycles. The van der Waals surface area contributed by atoms with Crippen molar-refractivity contribution in [1.29, 1.82) is 0 Å². The molecule has 1 amide bonds. The zero-order valence-corrected chi connectivity index (χ0v) is 16.0. The van der Waals surface area contributed by atoms with Gasteiger partial charge in [0.25, 0.3) is 5.91 Å². The van der Waals surface area contributed by atoms with E-state index in [0.717, 1.165) is 29.7 Å². The summed E-state index contributed by atoms with van der Waals surface area (Å²) in [6, 6.07) is 5.23. The number of fused-ring (bicyclic) bond motifs is 1. The van der Waals surface area contributed by atoms with Gasteiger partial charge in [-0.05, 0) is 43.0 Å². The second kappa shape index (κ2) is 7.73. The van der Waals surface area contributed by atoms with Crippen molar-refractivity contribution >= 4 is 5.91 Å². The number of hydrogen-bond acceptors (Lipinski definition) is 5. The first-order valence-corrected chi connectivity index (χ1v) is 8.77. The molecule has 0 spiro atoms. The Bertz CT molecular complexity index is 919. The fourth-order valence-electron chi connectivity index (χ4n) is 3.27. The number of hydrogen-bond donors (Lipinski definition) is 1. The minimum Gasteiger partial charge on any atom is -0.493 e. The van der Waals surface area contributed by atoms with Crippen LogP contribution in [0.25, 0.3) is 0 Å². The van der Waals surface area contributed by atoms with Crippen LogP contribution in [0.3, 0.4) is 0 Å². The molecule has 2 aromatic rings. The lowest BCUT2D eigenvalue weighted by molar-refractivity contribution is -0.123. The summed E-state index contributed by atoms with van der Waals surface area (Å²) in [6.07, 6.45) is 3.23. The van der Waals surface area contributed by atoms with Gasteiger partial charge in [-0.15, -0.1) is 0 Å². The van der Waals surface area contributed by atoms with Gasteiger partial charge in [0, 0.05) is 25.0 Å². The van der Waals surface area contributed by atoms with E-state index in [1.54, 1.807) is 25.0 Å². The summed E-state index contributed by atoms with van der Waals surface area (Å²) in [5.74, 6) is 1.21. The van der Waals surface area contributed by atoms with E-state index in [9.17, 15) is 9.59 Å². The molecule has 27 heavy (non-hydrogen) atoms. The van der Waals surface area contributed by atoms with Crippen molar-refractivity contribution in [2.45, 2.75) is 25.8 Å². The van der Waals surface area contributed by atoms with Crippen LogP contribution < -0.4 is 25.0 Å². The number of benzene rings is 1. The van der Waals surface area contributed by atoms with Crippen LogP contribution in [0.5, 0.6) is 17.2 Å². The van der Waals surface area contributed by atoms with Gasteiger partial charge in [-0.3, -0.25) is 9.59 Å². The summed E-state index contributed by atoms with van der Waals surface area (Å²) in [7, 11) is 5.01. The van der Waals surface area contributed by atoms with E-state index in [-0.39, 0.29) is 29.7 Å². The van der Waals surface area contributed by atoms with Gasteiger partial charge >= 0.3 is 0 Å². The quantitative estimate of drug-likeness (QED) is 0.838. The van der Waals surface area contributed by atoms with Crippen LogP contribution >= 0.6 is 0 Å². The number of aromatic nitrogens is 1. The maximum Gasteiger partial charge on any atom is 0.258 e. The van der Waals surface area contributed by atoms with Crippen LogP contribution in [0, 0.1) is 6.92 Å². The van der Waals surface area contributed by atoms with E-state index < -0.39 is 0 Å². The van der Waals surface area contributed by atoms with Crippen molar-refractivity contribution < 1.29 is 19.0 Å². The highest BCUT2D eigenvalue weighted by atomic mass is 16.5. The van der Waals surface area contributed by atoms with Crippen LogP contribution in [0.2, 0.25) is 0 Å². The Morgan fingerprint density at radius 1 is 1.19 bits per heavy atom. The summed E-state index contributed by atoms with van der Waals surface area (Å²) in [5, 5.41) is 2.97. The number of methoxy groups -OCH3 is 2. The van der Waals surface area contributed by atoms with E-state index >= 15 is 0 Å². The maximum absolute atomic E-state index is 12.3. The molecule has 0 radical (unpaired) electrons. The minimum atomic E-state index is -0.273. The predicted octanol–water partition coefficient (Wildman–Crippen LogP) is 1.89. The van der Waals surface area contributed by atoms with Crippen molar-refractivity contribution in [3.05, 3.63) is 51.4 Å². The highest BCUT2D eigenvalue weighted by Gasteiger charge is 2.26. The maximum atomic E-state index is 12.3. The van der Waals surface area contributed by atoms with Crippen molar-refractivity contribution in [2.75, 3.05) is 20.8 Å². The molecule has 0 aliphatic heterocycles. The average molecular weight is 372 g/mol. The smallest absolute Gasteiger partial charge is 0.258 e. The molecule has 1 atom stereocenters. The third-order valence-electron chi connectivity index (χ3n) is 4.87. The number of rotatable bonds is 6. The Morgan fingerprint density at radius 2 is 1.89 bits per heavy atom. The van der Waals surface area contributed by atoms with Crippen LogP contribution in [-0.4, -0.2) is 31.3 Å². The van der Waals surface area contributed by atoms with Gasteiger partial charge in [-0.25, -0.2) is 0 Å². The van der Waals surface area contributed by atoms with Gasteiger partial charge < -0.3 is 24.1 Å². The molecule has 3 rings (SSSR count). The first-order valence-electron chi connectivity index (χ1n) is 8.77. The average Bonchev–Trinajstić information content (AvgIpc) is 3.04. The summed E-state index contributed by atoms with van der Waals surface area (Å²) in [5.41, 5.74) is 2.74. The van der Waals surface area contributed by atoms with E-state index in [2.05, 4.69) is 5.32 Å². The third-order valence-corrected chi connectivity index (χ3v) is 4.87. The zero-order chi connectivity index (χ0) is 19.6. The second-order valence-corrected chi connectivity index (χ2v) is 6.61. The van der Waals surface area contributed by atoms with E-state index in [4.69, 9.17) is 14.2 Å². The SMILES string of the molecule is COc1cc2c(cc1OC)[C@H](NC(=O)COc1cn(C)c(C)cc1=O)CC2. The number of ether oxygens (including phenoxy) is 3. The highest BCUT2D eigenvalue weighted by molar-refractivity contribution is 5.78. The number of carbonyl (C=O) groups is 1. The lowest BCUT2D eigenvalue weighted by Crippen LogP contribution is -2.32. The van der Waals surface area contributed by atoms with Crippen LogP contribution in [0.4, 0.5) is 0 Å². The Morgan fingerprint density at radius 3 is 2.59 bits per heavy atom. The van der Waals surface area contributed by atoms with Gasteiger partial charge in [-0.2, -0.15) is 0 Å². The lowest BCUT2D eigenvalue weighted by atomic mass is 10.1. The summed E-state index contributed by atoms with van der Waals surface area (Å²) >= 11 is 0. The van der Waals surface area contributed by atoms with E-state index in [1.807, 2.05) is 26.1 Å². The van der Waals surface area contributed by atoms with Gasteiger partial charge in [0.1, 0.15) is 0 Å². The first kappa shape index (κ1) is 18.8. The predicted molar refractivity (Wildman–Crippen MR) is 101 cm³/mol. The number of pyridine rings is 1. The molecular formula is C20H24N2O5. The molecular weight excluding hydrogens is 348 g/mol. The van der Waals surface area contributed by atoms with E-state index in [0.29, 0.717) is 11.5 Å². The highest BCUT2D eigenvalue weighted by Crippen LogP contribution is 2.39. The minimum absolute atomic E-state index is 0.114. The second-order valence-electron chi connectivity index (χ2n) is 6.61. The largest absolute Gasteiger partial charge is 0.493 e. The monoisotopic (exact) mass is 372 g/mol. The molecule has 144 valence electrons. The summed E-state index contributed by atoms with van der Waals surface area (Å²) in [4.78, 5) is 24.3. The standard InChI is InChI=1S/C20H24N2O5/c1-12-7-16(23)19(10-22(12)2)27-11-20(24)21-15-6-5-13-8-17(25-3)18(26-4)9-14(13)15/h7-10,15H,5-6,11H2,1-4H3,(H,21,24)/t15-/m1/s1. The summed E-state index contributed by atoms with van der Waals surface area (Å²) in [6.45, 7) is 1.62. The molecule has 1 aromatic carbocycles. The van der Waals surface area contributed by atoms with Gasteiger partial charge in [0.15, 0.2) is 23.9 Å². The Balaban J connectivity index is 1.67. The van der Waals surface area contributed by atoms with Gasteiger partial charge in [-0.1, -0.05) is 0 Å². The Kier molecular flexibility index (Phi) is 5.39. The van der Waals surface area contributed by atoms with Gasteiger partial charge in [0.2, 0.25) is 5.43 Å². The first-order chi connectivity index (χ1) is 12.9. The molecule has 7 heteroatoms. The van der Waals surface area contributed by atoms with Gasteiger partial charge in [0.05, 0.1) is 20.3 Å². The molecule has 1 aliphatic carbocycles. The third kappa shape index (κ3) is 3.92. The van der Waals surface area contributed by atoms with Crippen molar-refractivity contribution in [2.24, 2.45) is 7.05 Å². The van der Waals surface area contributed by atoms with E-state index in [1.165, 1.54) is 6.07 Å². The Labute approximate surface area is 157 Å². The number of amides is 1.